The molecule has 1 aliphatic heterocycles. The molecule has 0 radical (unpaired) electrons. The Morgan fingerprint density at radius 1 is 1.33 bits per heavy atom. The number of hydrogen-bond acceptors (Lipinski definition) is 2. The van der Waals surface area contributed by atoms with Crippen LogP contribution in [0.25, 0.3) is 0 Å². The topological polar surface area (TPSA) is 12.0 Å². The Morgan fingerprint density at radius 3 is 2.73 bits per heavy atom. The third kappa shape index (κ3) is 2.99. The van der Waals surface area contributed by atoms with Crippen molar-refractivity contribution in [1.82, 2.24) is 5.32 Å². The zero-order chi connectivity index (χ0) is 10.8. The van der Waals surface area contributed by atoms with Crippen molar-refractivity contribution in [2.24, 2.45) is 5.92 Å². The lowest BCUT2D eigenvalue weighted by Gasteiger charge is -2.27. The van der Waals surface area contributed by atoms with E-state index < -0.39 is 0 Å². The number of thioether (sulfide) groups is 1. The second kappa shape index (κ2) is 5.21. The Kier molecular flexibility index (Phi) is 4.16. The van der Waals surface area contributed by atoms with Gasteiger partial charge in [0.05, 0.1) is 5.37 Å². The summed E-state index contributed by atoms with van der Waals surface area (Å²) in [5, 5.41) is 4.01. The number of hydrogen-bond donors (Lipinski definition) is 1. The van der Waals surface area contributed by atoms with Crippen LogP contribution in [-0.2, 0) is 0 Å². The molecule has 1 aromatic rings. The molecular formula is C11H13Br2NS. The minimum atomic E-state index is 0.450. The maximum atomic E-state index is 3.56. The summed E-state index contributed by atoms with van der Waals surface area (Å²) < 4.78 is 2.24. The highest BCUT2D eigenvalue weighted by Gasteiger charge is 2.19. The van der Waals surface area contributed by atoms with E-state index in [9.17, 15) is 0 Å². The van der Waals surface area contributed by atoms with Gasteiger partial charge in [-0.05, 0) is 67.8 Å². The molecule has 0 aromatic heterocycles. The van der Waals surface area contributed by atoms with E-state index in [-0.39, 0.29) is 0 Å². The van der Waals surface area contributed by atoms with Crippen LogP contribution in [0, 0.1) is 5.92 Å². The summed E-state index contributed by atoms with van der Waals surface area (Å²) in [6, 6.07) is 6.46. The van der Waals surface area contributed by atoms with Crippen LogP contribution in [0.15, 0.2) is 27.1 Å². The predicted molar refractivity (Wildman–Crippen MR) is 74.2 cm³/mol. The molecule has 82 valence electrons. The normalized spacial score (nSPS) is 26.6. The summed E-state index contributed by atoms with van der Waals surface area (Å²) in [5.74, 6) is 2.02. The Balaban J connectivity index is 2.12. The van der Waals surface area contributed by atoms with Crippen molar-refractivity contribution in [3.8, 4) is 0 Å². The van der Waals surface area contributed by atoms with Crippen molar-refractivity contribution >= 4 is 43.6 Å². The van der Waals surface area contributed by atoms with Gasteiger partial charge in [0.1, 0.15) is 0 Å². The zero-order valence-electron chi connectivity index (χ0n) is 8.47. The molecule has 2 rings (SSSR count). The Labute approximate surface area is 112 Å². The number of halogens is 2. The van der Waals surface area contributed by atoms with E-state index in [1.165, 1.54) is 11.3 Å². The van der Waals surface area contributed by atoms with Gasteiger partial charge in [0, 0.05) is 8.95 Å². The SMILES string of the molecule is CC1CNC(c2ccc(Br)c(Br)c2)SC1. The molecule has 1 nitrogen and oxygen atoms in total. The first-order valence-electron chi connectivity index (χ1n) is 4.97. The summed E-state index contributed by atoms with van der Waals surface area (Å²) in [5.41, 5.74) is 1.35. The van der Waals surface area contributed by atoms with Gasteiger partial charge in [0.15, 0.2) is 0 Å². The highest BCUT2D eigenvalue weighted by atomic mass is 79.9. The second-order valence-electron chi connectivity index (χ2n) is 3.90. The van der Waals surface area contributed by atoms with E-state index >= 15 is 0 Å². The first-order chi connectivity index (χ1) is 7.16. The standard InChI is InChI=1S/C11H13Br2NS/c1-7-5-14-11(15-6-7)8-2-3-9(12)10(13)4-8/h2-4,7,11,14H,5-6H2,1H3. The van der Waals surface area contributed by atoms with Crippen molar-refractivity contribution < 1.29 is 0 Å². The van der Waals surface area contributed by atoms with Crippen LogP contribution in [0.5, 0.6) is 0 Å². The first kappa shape index (κ1) is 12.0. The Morgan fingerprint density at radius 2 is 2.13 bits per heavy atom. The first-order valence-corrected chi connectivity index (χ1v) is 7.60. The van der Waals surface area contributed by atoms with Gasteiger partial charge in [0.2, 0.25) is 0 Å². The molecule has 2 atom stereocenters. The van der Waals surface area contributed by atoms with Crippen LogP contribution in [0.3, 0.4) is 0 Å². The average Bonchev–Trinajstić information content (AvgIpc) is 2.23. The van der Waals surface area contributed by atoms with E-state index in [0.717, 1.165) is 21.4 Å². The number of rotatable bonds is 1. The van der Waals surface area contributed by atoms with E-state index in [1.807, 2.05) is 11.8 Å². The lowest BCUT2D eigenvalue weighted by Crippen LogP contribution is -2.31. The second-order valence-corrected chi connectivity index (χ2v) is 6.75. The molecule has 1 aliphatic rings. The number of nitrogens with one attached hydrogen (secondary N) is 1. The summed E-state index contributed by atoms with van der Waals surface area (Å²) in [6.07, 6.45) is 0. The molecule has 4 heteroatoms. The highest BCUT2D eigenvalue weighted by molar-refractivity contribution is 9.13. The van der Waals surface area contributed by atoms with Crippen molar-refractivity contribution in [3.05, 3.63) is 32.7 Å². The molecule has 0 spiro atoms. The van der Waals surface area contributed by atoms with Crippen LogP contribution in [0.2, 0.25) is 0 Å². The van der Waals surface area contributed by atoms with Gasteiger partial charge in [-0.1, -0.05) is 13.0 Å². The van der Waals surface area contributed by atoms with Gasteiger partial charge in [-0.25, -0.2) is 0 Å². The molecule has 0 aliphatic carbocycles. The molecule has 15 heavy (non-hydrogen) atoms. The van der Waals surface area contributed by atoms with E-state index in [2.05, 4.69) is 62.3 Å². The van der Waals surface area contributed by atoms with Crippen LogP contribution < -0.4 is 5.32 Å². The van der Waals surface area contributed by atoms with E-state index in [4.69, 9.17) is 0 Å². The lowest BCUT2D eigenvalue weighted by atomic mass is 10.2. The van der Waals surface area contributed by atoms with Gasteiger partial charge >= 0.3 is 0 Å². The van der Waals surface area contributed by atoms with Gasteiger partial charge in [0.25, 0.3) is 0 Å². The van der Waals surface area contributed by atoms with Crippen molar-refractivity contribution in [2.45, 2.75) is 12.3 Å². The smallest absolute Gasteiger partial charge is 0.0789 e. The fourth-order valence-electron chi connectivity index (χ4n) is 1.58. The molecule has 0 amide bonds. The molecule has 2 unspecified atom stereocenters. The van der Waals surface area contributed by atoms with Gasteiger partial charge in [-0.2, -0.15) is 0 Å². The van der Waals surface area contributed by atoms with Crippen molar-refractivity contribution in [1.29, 1.82) is 0 Å². The Bertz CT molecular complexity index is 348. The molecule has 1 fully saturated rings. The Hall–Kier alpha value is 0.490. The highest BCUT2D eigenvalue weighted by Crippen LogP contribution is 2.34. The molecule has 0 saturated carbocycles. The fraction of sp³-hybridized carbons (Fsp3) is 0.455. The van der Waals surface area contributed by atoms with E-state index in [1.54, 1.807) is 0 Å². The van der Waals surface area contributed by atoms with Crippen LogP contribution in [-0.4, -0.2) is 12.3 Å². The van der Waals surface area contributed by atoms with Crippen LogP contribution >= 0.6 is 43.6 Å². The third-order valence-electron chi connectivity index (χ3n) is 2.45. The third-order valence-corrected chi connectivity index (χ3v) is 5.86. The summed E-state index contributed by atoms with van der Waals surface area (Å²) in [6.45, 7) is 3.40. The molecule has 1 aromatic carbocycles. The van der Waals surface area contributed by atoms with Crippen molar-refractivity contribution in [3.63, 3.8) is 0 Å². The van der Waals surface area contributed by atoms with Gasteiger partial charge < -0.3 is 5.32 Å². The minimum absolute atomic E-state index is 0.450. The van der Waals surface area contributed by atoms with Crippen LogP contribution in [0.4, 0.5) is 0 Å². The molecule has 1 heterocycles. The summed E-state index contributed by atoms with van der Waals surface area (Å²) in [7, 11) is 0. The predicted octanol–water partition coefficient (Wildman–Crippen LogP) is 4.18. The zero-order valence-corrected chi connectivity index (χ0v) is 12.5. The number of benzene rings is 1. The van der Waals surface area contributed by atoms with Gasteiger partial charge in [-0.15, -0.1) is 11.8 Å². The monoisotopic (exact) mass is 349 g/mol. The average molecular weight is 351 g/mol. The maximum Gasteiger partial charge on any atom is 0.0789 e. The summed E-state index contributed by atoms with van der Waals surface area (Å²) >= 11 is 9.02. The maximum absolute atomic E-state index is 3.56. The molecule has 1 saturated heterocycles. The van der Waals surface area contributed by atoms with Crippen molar-refractivity contribution in [2.75, 3.05) is 12.3 Å². The minimum Gasteiger partial charge on any atom is -0.301 e. The van der Waals surface area contributed by atoms with E-state index in [0.29, 0.717) is 5.37 Å². The molecule has 0 bridgehead atoms. The molecule has 1 N–H and O–H groups in total. The van der Waals surface area contributed by atoms with Crippen LogP contribution in [0.1, 0.15) is 17.9 Å². The largest absolute Gasteiger partial charge is 0.301 e. The quantitative estimate of drug-likeness (QED) is 0.815. The molecular weight excluding hydrogens is 338 g/mol. The lowest BCUT2D eigenvalue weighted by molar-refractivity contribution is 0.529. The fourth-order valence-corrected chi connectivity index (χ4v) is 3.41. The van der Waals surface area contributed by atoms with Gasteiger partial charge in [-0.3, -0.25) is 0 Å². The summed E-state index contributed by atoms with van der Waals surface area (Å²) in [4.78, 5) is 0.